The third-order valence-electron chi connectivity index (χ3n) is 4.56. The highest BCUT2D eigenvalue weighted by molar-refractivity contribution is 7.89. The molecule has 0 unspecified atom stereocenters. The number of benzene rings is 2. The number of aromatic hydroxyl groups is 1. The van der Waals surface area contributed by atoms with Crippen LogP contribution in [-0.2, 0) is 14.8 Å². The maximum absolute atomic E-state index is 12.7. The topological polar surface area (TPSA) is 92.6 Å². The quantitative estimate of drug-likeness (QED) is 0.727. The van der Waals surface area contributed by atoms with Crippen molar-refractivity contribution in [3.05, 3.63) is 60.9 Å². The Morgan fingerprint density at radius 1 is 0.857 bits per heavy atom. The molecule has 1 fully saturated rings. The van der Waals surface area contributed by atoms with Crippen LogP contribution in [0.3, 0.4) is 0 Å². The van der Waals surface area contributed by atoms with Crippen molar-refractivity contribution >= 4 is 10.0 Å². The van der Waals surface area contributed by atoms with E-state index in [0.29, 0.717) is 37.7 Å². The molecule has 1 aliphatic heterocycles. The lowest BCUT2D eigenvalue weighted by atomic mass is 10.1. The Bertz CT molecular complexity index is 1060. The summed E-state index contributed by atoms with van der Waals surface area (Å²) in [6.07, 6.45) is 3.28. The summed E-state index contributed by atoms with van der Waals surface area (Å²) in [5, 5.41) is 9.43. The molecule has 1 aliphatic rings. The predicted molar refractivity (Wildman–Crippen MR) is 104 cm³/mol. The Balaban J connectivity index is 1.60. The lowest BCUT2D eigenvalue weighted by molar-refractivity contribution is 0.0730. The summed E-state index contributed by atoms with van der Waals surface area (Å²) in [5.41, 5.74) is 2.91. The van der Waals surface area contributed by atoms with E-state index in [0.717, 1.165) is 11.1 Å². The summed E-state index contributed by atoms with van der Waals surface area (Å²) in [5.74, 6) is 0.185. The smallest absolute Gasteiger partial charge is 0.243 e. The van der Waals surface area contributed by atoms with Gasteiger partial charge in [-0.3, -0.25) is 4.98 Å². The Morgan fingerprint density at radius 3 is 1.96 bits per heavy atom. The summed E-state index contributed by atoms with van der Waals surface area (Å²) in [4.78, 5) is 9.09. The Morgan fingerprint density at radius 2 is 1.39 bits per heavy atom. The van der Waals surface area contributed by atoms with E-state index in [1.54, 1.807) is 60.9 Å². The van der Waals surface area contributed by atoms with Crippen LogP contribution in [0.1, 0.15) is 0 Å². The highest BCUT2D eigenvalue weighted by atomic mass is 32.2. The molecule has 0 saturated carbocycles. The number of morpholine rings is 1. The van der Waals surface area contributed by atoms with E-state index in [2.05, 4.69) is 9.97 Å². The first-order valence-electron chi connectivity index (χ1n) is 8.84. The number of rotatable bonds is 4. The van der Waals surface area contributed by atoms with Crippen LogP contribution in [0.2, 0.25) is 0 Å². The SMILES string of the molecule is O=S(=O)(c1ccc(-c2cncc(-c3ccc(O)cc3)n2)cc1)N1CCOCC1. The third-order valence-corrected chi connectivity index (χ3v) is 6.47. The molecule has 2 heterocycles. The Hall–Kier alpha value is -2.81. The molecule has 0 radical (unpaired) electrons. The van der Waals surface area contributed by atoms with Crippen molar-refractivity contribution in [2.24, 2.45) is 0 Å². The van der Waals surface area contributed by atoms with Crippen molar-refractivity contribution in [2.45, 2.75) is 4.90 Å². The lowest BCUT2D eigenvalue weighted by Crippen LogP contribution is -2.40. The first-order chi connectivity index (χ1) is 13.5. The van der Waals surface area contributed by atoms with Gasteiger partial charge in [-0.1, -0.05) is 12.1 Å². The summed E-state index contributed by atoms with van der Waals surface area (Å²) in [7, 11) is -3.52. The van der Waals surface area contributed by atoms with Crippen LogP contribution in [0.5, 0.6) is 5.75 Å². The second kappa shape index (κ2) is 7.67. The fraction of sp³-hybridized carbons (Fsp3) is 0.200. The molecule has 7 nitrogen and oxygen atoms in total. The molecular weight excluding hydrogens is 378 g/mol. The number of phenols is 1. The number of sulfonamides is 1. The minimum absolute atomic E-state index is 0.185. The highest BCUT2D eigenvalue weighted by Gasteiger charge is 2.26. The van der Waals surface area contributed by atoms with Crippen molar-refractivity contribution in [3.63, 3.8) is 0 Å². The van der Waals surface area contributed by atoms with Gasteiger partial charge in [-0.15, -0.1) is 0 Å². The van der Waals surface area contributed by atoms with Gasteiger partial charge in [0.2, 0.25) is 10.0 Å². The van der Waals surface area contributed by atoms with E-state index < -0.39 is 10.0 Å². The maximum Gasteiger partial charge on any atom is 0.243 e. The Labute approximate surface area is 163 Å². The Kier molecular flexibility index (Phi) is 5.08. The second-order valence-electron chi connectivity index (χ2n) is 6.38. The van der Waals surface area contributed by atoms with E-state index >= 15 is 0 Å². The summed E-state index contributed by atoms with van der Waals surface area (Å²) in [6.45, 7) is 1.56. The van der Waals surface area contributed by atoms with Crippen molar-refractivity contribution in [3.8, 4) is 28.3 Å². The van der Waals surface area contributed by atoms with Gasteiger partial charge in [0.1, 0.15) is 5.75 Å². The molecule has 1 saturated heterocycles. The average Bonchev–Trinajstić information content (AvgIpc) is 2.75. The molecule has 0 aliphatic carbocycles. The van der Waals surface area contributed by atoms with Gasteiger partial charge in [0.15, 0.2) is 0 Å². The molecule has 1 aromatic heterocycles. The predicted octanol–water partition coefficient (Wildman–Crippen LogP) is 2.54. The van der Waals surface area contributed by atoms with Crippen molar-refractivity contribution in [1.29, 1.82) is 0 Å². The largest absolute Gasteiger partial charge is 0.508 e. The first kappa shape index (κ1) is 18.5. The second-order valence-corrected chi connectivity index (χ2v) is 8.32. The normalized spacial score (nSPS) is 15.4. The van der Waals surface area contributed by atoms with Crippen LogP contribution in [0.4, 0.5) is 0 Å². The monoisotopic (exact) mass is 397 g/mol. The van der Waals surface area contributed by atoms with Gasteiger partial charge in [-0.2, -0.15) is 4.31 Å². The number of ether oxygens (including phenoxy) is 1. The fourth-order valence-corrected chi connectivity index (χ4v) is 4.42. The zero-order chi connectivity index (χ0) is 19.6. The van der Waals surface area contributed by atoms with Crippen LogP contribution >= 0.6 is 0 Å². The fourth-order valence-electron chi connectivity index (χ4n) is 3.01. The minimum Gasteiger partial charge on any atom is -0.508 e. The van der Waals surface area contributed by atoms with Gasteiger partial charge in [0, 0.05) is 24.2 Å². The van der Waals surface area contributed by atoms with Gasteiger partial charge in [-0.05, 0) is 36.4 Å². The van der Waals surface area contributed by atoms with E-state index in [1.165, 1.54) is 4.31 Å². The van der Waals surface area contributed by atoms with Gasteiger partial charge >= 0.3 is 0 Å². The molecule has 2 aromatic carbocycles. The molecular formula is C20H19N3O4S. The molecule has 0 bridgehead atoms. The average molecular weight is 397 g/mol. The minimum atomic E-state index is -3.52. The number of phenolic OH excluding ortho intramolecular Hbond substituents is 1. The van der Waals surface area contributed by atoms with Gasteiger partial charge in [0.25, 0.3) is 0 Å². The first-order valence-corrected chi connectivity index (χ1v) is 10.3. The summed E-state index contributed by atoms with van der Waals surface area (Å²) >= 11 is 0. The number of nitrogens with zero attached hydrogens (tertiary/aromatic N) is 3. The van der Waals surface area contributed by atoms with E-state index in [9.17, 15) is 13.5 Å². The van der Waals surface area contributed by atoms with E-state index in [-0.39, 0.29) is 10.6 Å². The highest BCUT2D eigenvalue weighted by Crippen LogP contribution is 2.25. The number of hydrogen-bond donors (Lipinski definition) is 1. The molecule has 3 aromatic rings. The van der Waals surface area contributed by atoms with Crippen molar-refractivity contribution in [1.82, 2.24) is 14.3 Å². The van der Waals surface area contributed by atoms with Gasteiger partial charge < -0.3 is 9.84 Å². The molecule has 1 N–H and O–H groups in total. The zero-order valence-electron chi connectivity index (χ0n) is 15.0. The molecule has 144 valence electrons. The number of hydrogen-bond acceptors (Lipinski definition) is 6. The maximum atomic E-state index is 12.7. The van der Waals surface area contributed by atoms with Crippen LogP contribution in [0.15, 0.2) is 65.8 Å². The zero-order valence-corrected chi connectivity index (χ0v) is 15.8. The molecule has 0 spiro atoms. The standard InChI is InChI=1S/C20H19N3O4S/c24-17-5-1-15(2-6-17)19-13-21-14-20(22-19)16-3-7-18(8-4-16)28(25,26)23-9-11-27-12-10-23/h1-8,13-14,24H,9-12H2. The van der Waals surface area contributed by atoms with E-state index in [4.69, 9.17) is 4.74 Å². The van der Waals surface area contributed by atoms with Crippen LogP contribution < -0.4 is 0 Å². The van der Waals surface area contributed by atoms with Crippen LogP contribution in [0.25, 0.3) is 22.5 Å². The van der Waals surface area contributed by atoms with Gasteiger partial charge in [0.05, 0.1) is 41.9 Å². The molecule has 0 atom stereocenters. The molecule has 28 heavy (non-hydrogen) atoms. The van der Waals surface area contributed by atoms with Crippen LogP contribution in [0, 0.1) is 0 Å². The molecule has 4 rings (SSSR count). The lowest BCUT2D eigenvalue weighted by Gasteiger charge is -2.26. The van der Waals surface area contributed by atoms with E-state index in [1.807, 2.05) is 0 Å². The van der Waals surface area contributed by atoms with Gasteiger partial charge in [-0.25, -0.2) is 13.4 Å². The third kappa shape index (κ3) is 3.75. The van der Waals surface area contributed by atoms with Crippen LogP contribution in [-0.4, -0.2) is 54.1 Å². The molecule has 0 amide bonds. The number of aromatic nitrogens is 2. The summed E-state index contributed by atoms with van der Waals surface area (Å²) in [6, 6.07) is 13.4. The van der Waals surface area contributed by atoms with Crippen molar-refractivity contribution in [2.75, 3.05) is 26.3 Å². The summed E-state index contributed by atoms with van der Waals surface area (Å²) < 4.78 is 32.1. The molecule has 8 heteroatoms. The van der Waals surface area contributed by atoms with Crippen molar-refractivity contribution < 1.29 is 18.3 Å².